The van der Waals surface area contributed by atoms with E-state index in [1.54, 1.807) is 6.92 Å². The summed E-state index contributed by atoms with van der Waals surface area (Å²) in [5, 5.41) is 2.62. The van der Waals surface area contributed by atoms with Gasteiger partial charge in [-0.25, -0.2) is 17.9 Å². The average molecular weight is 342 g/mol. The molecule has 0 aliphatic carbocycles. The standard InChI is InChI=1S/C15H22N2O5S/c1-4-17-23(20,21)13-7-5-6-12(8-13)15(19)22-10-14(18)16-9-11(2)3/h5-8,11,17H,4,9-10H2,1-3H3,(H,16,18). The molecule has 0 saturated heterocycles. The Morgan fingerprint density at radius 3 is 2.57 bits per heavy atom. The summed E-state index contributed by atoms with van der Waals surface area (Å²) in [5.41, 5.74) is 0.0700. The molecule has 0 bridgehead atoms. The first kappa shape index (κ1) is 19.1. The second-order valence-electron chi connectivity index (χ2n) is 5.30. The number of esters is 1. The van der Waals surface area contributed by atoms with Crippen LogP contribution in [0.5, 0.6) is 0 Å². The van der Waals surface area contributed by atoms with Crippen LogP contribution >= 0.6 is 0 Å². The first-order valence-corrected chi connectivity index (χ1v) is 8.78. The third-order valence-electron chi connectivity index (χ3n) is 2.76. The average Bonchev–Trinajstić information content (AvgIpc) is 2.50. The van der Waals surface area contributed by atoms with Gasteiger partial charge in [0.05, 0.1) is 10.5 Å². The Labute approximate surface area is 136 Å². The van der Waals surface area contributed by atoms with Crippen LogP contribution in [-0.2, 0) is 19.6 Å². The number of nitrogens with one attached hydrogen (secondary N) is 2. The summed E-state index contributed by atoms with van der Waals surface area (Å²) in [6.07, 6.45) is 0. The molecule has 1 rings (SSSR count). The molecule has 0 aromatic heterocycles. The van der Waals surface area contributed by atoms with Crippen LogP contribution in [0.3, 0.4) is 0 Å². The fourth-order valence-electron chi connectivity index (χ4n) is 1.65. The second kappa shape index (κ2) is 8.64. The number of rotatable bonds is 8. The minimum atomic E-state index is -3.65. The molecule has 0 saturated carbocycles. The van der Waals surface area contributed by atoms with E-state index in [0.29, 0.717) is 12.5 Å². The van der Waals surface area contributed by atoms with Crippen LogP contribution in [0.25, 0.3) is 0 Å². The van der Waals surface area contributed by atoms with Gasteiger partial charge in [-0.1, -0.05) is 26.8 Å². The van der Waals surface area contributed by atoms with E-state index >= 15 is 0 Å². The highest BCUT2D eigenvalue weighted by Gasteiger charge is 2.16. The summed E-state index contributed by atoms with van der Waals surface area (Å²) in [6, 6.07) is 5.47. The normalized spacial score (nSPS) is 11.3. The van der Waals surface area contributed by atoms with Crippen molar-refractivity contribution in [2.45, 2.75) is 25.7 Å². The molecule has 0 spiro atoms. The molecular weight excluding hydrogens is 320 g/mol. The Morgan fingerprint density at radius 2 is 1.96 bits per heavy atom. The number of ether oxygens (including phenoxy) is 1. The van der Waals surface area contributed by atoms with E-state index in [1.807, 2.05) is 13.8 Å². The number of hydrogen-bond donors (Lipinski definition) is 2. The van der Waals surface area contributed by atoms with Crippen LogP contribution < -0.4 is 10.0 Å². The third-order valence-corrected chi connectivity index (χ3v) is 4.30. The zero-order valence-electron chi connectivity index (χ0n) is 13.5. The topological polar surface area (TPSA) is 102 Å². The van der Waals surface area contributed by atoms with Crippen molar-refractivity contribution in [3.05, 3.63) is 29.8 Å². The predicted octanol–water partition coefficient (Wildman–Crippen LogP) is 0.914. The van der Waals surface area contributed by atoms with Gasteiger partial charge in [-0.15, -0.1) is 0 Å². The lowest BCUT2D eigenvalue weighted by Crippen LogP contribution is -2.31. The van der Waals surface area contributed by atoms with Gasteiger partial charge < -0.3 is 10.1 Å². The number of benzene rings is 1. The number of sulfonamides is 1. The van der Waals surface area contributed by atoms with Crippen molar-refractivity contribution in [2.75, 3.05) is 19.7 Å². The van der Waals surface area contributed by atoms with Crippen LogP contribution in [0.4, 0.5) is 0 Å². The van der Waals surface area contributed by atoms with Gasteiger partial charge in [0.25, 0.3) is 5.91 Å². The van der Waals surface area contributed by atoms with Gasteiger partial charge in [0.1, 0.15) is 0 Å². The largest absolute Gasteiger partial charge is 0.452 e. The number of amides is 1. The van der Waals surface area contributed by atoms with E-state index in [0.717, 1.165) is 0 Å². The number of carbonyl (C=O) groups is 2. The summed E-state index contributed by atoms with van der Waals surface area (Å²) >= 11 is 0. The second-order valence-corrected chi connectivity index (χ2v) is 7.07. The highest BCUT2D eigenvalue weighted by atomic mass is 32.2. The van der Waals surface area contributed by atoms with Gasteiger partial charge in [0.15, 0.2) is 6.61 Å². The van der Waals surface area contributed by atoms with Crippen LogP contribution in [0, 0.1) is 5.92 Å². The molecule has 128 valence electrons. The molecule has 1 aromatic carbocycles. The highest BCUT2D eigenvalue weighted by molar-refractivity contribution is 7.89. The van der Waals surface area contributed by atoms with E-state index in [-0.39, 0.29) is 17.0 Å². The molecule has 8 heteroatoms. The number of carbonyl (C=O) groups excluding carboxylic acids is 2. The molecule has 0 aliphatic rings. The van der Waals surface area contributed by atoms with E-state index < -0.39 is 28.5 Å². The molecule has 0 atom stereocenters. The predicted molar refractivity (Wildman–Crippen MR) is 85.4 cm³/mol. The van der Waals surface area contributed by atoms with Crippen molar-refractivity contribution in [3.63, 3.8) is 0 Å². The summed E-state index contributed by atoms with van der Waals surface area (Å²) in [6.45, 7) is 5.88. The van der Waals surface area contributed by atoms with Gasteiger partial charge in [0, 0.05) is 13.1 Å². The summed E-state index contributed by atoms with van der Waals surface area (Å²) in [4.78, 5) is 23.4. The molecule has 0 heterocycles. The van der Waals surface area contributed by atoms with Crippen molar-refractivity contribution < 1.29 is 22.7 Å². The summed E-state index contributed by atoms with van der Waals surface area (Å²) < 4.78 is 31.0. The van der Waals surface area contributed by atoms with E-state index in [2.05, 4.69) is 10.0 Å². The maximum Gasteiger partial charge on any atom is 0.338 e. The third kappa shape index (κ3) is 6.37. The fraction of sp³-hybridized carbons (Fsp3) is 0.467. The Balaban J connectivity index is 2.69. The molecule has 7 nitrogen and oxygen atoms in total. The maximum atomic E-state index is 11.9. The first-order valence-electron chi connectivity index (χ1n) is 7.29. The van der Waals surface area contributed by atoms with E-state index in [1.165, 1.54) is 24.3 Å². The van der Waals surface area contributed by atoms with Gasteiger partial charge >= 0.3 is 5.97 Å². The van der Waals surface area contributed by atoms with Gasteiger partial charge in [0.2, 0.25) is 10.0 Å². The molecule has 0 unspecified atom stereocenters. The molecular formula is C15H22N2O5S. The van der Waals surface area contributed by atoms with Crippen LogP contribution in [0.15, 0.2) is 29.2 Å². The van der Waals surface area contributed by atoms with E-state index in [9.17, 15) is 18.0 Å². The van der Waals surface area contributed by atoms with Crippen LogP contribution in [0.1, 0.15) is 31.1 Å². The molecule has 0 fully saturated rings. The lowest BCUT2D eigenvalue weighted by molar-refractivity contribution is -0.124. The zero-order valence-corrected chi connectivity index (χ0v) is 14.3. The van der Waals surface area contributed by atoms with Crippen molar-refractivity contribution >= 4 is 21.9 Å². The Morgan fingerprint density at radius 1 is 1.26 bits per heavy atom. The molecule has 0 radical (unpaired) electrons. The van der Waals surface area contributed by atoms with Crippen molar-refractivity contribution in [1.82, 2.24) is 10.0 Å². The van der Waals surface area contributed by atoms with E-state index in [4.69, 9.17) is 4.74 Å². The van der Waals surface area contributed by atoms with Crippen LogP contribution in [-0.4, -0.2) is 40.0 Å². The smallest absolute Gasteiger partial charge is 0.338 e. The first-order chi connectivity index (χ1) is 10.8. The molecule has 23 heavy (non-hydrogen) atoms. The monoisotopic (exact) mass is 342 g/mol. The minimum Gasteiger partial charge on any atom is -0.452 e. The quantitative estimate of drug-likeness (QED) is 0.684. The SMILES string of the molecule is CCNS(=O)(=O)c1cccc(C(=O)OCC(=O)NCC(C)C)c1. The Kier molecular flexibility index (Phi) is 7.18. The Hall–Kier alpha value is -1.93. The lowest BCUT2D eigenvalue weighted by atomic mass is 10.2. The summed E-state index contributed by atoms with van der Waals surface area (Å²) in [5.74, 6) is -0.857. The molecule has 1 aromatic rings. The van der Waals surface area contributed by atoms with Crippen LogP contribution in [0.2, 0.25) is 0 Å². The van der Waals surface area contributed by atoms with Crippen molar-refractivity contribution in [3.8, 4) is 0 Å². The fourth-order valence-corrected chi connectivity index (χ4v) is 2.73. The van der Waals surface area contributed by atoms with Crippen molar-refractivity contribution in [1.29, 1.82) is 0 Å². The van der Waals surface area contributed by atoms with Gasteiger partial charge in [-0.05, 0) is 24.1 Å². The van der Waals surface area contributed by atoms with Gasteiger partial charge in [-0.2, -0.15) is 0 Å². The Bertz CT molecular complexity index is 656. The molecule has 2 N–H and O–H groups in total. The highest BCUT2D eigenvalue weighted by Crippen LogP contribution is 2.12. The molecule has 0 aliphatic heterocycles. The minimum absolute atomic E-state index is 0.0296. The zero-order chi connectivity index (χ0) is 17.5. The van der Waals surface area contributed by atoms with Gasteiger partial charge in [-0.3, -0.25) is 4.79 Å². The van der Waals surface area contributed by atoms with Crippen molar-refractivity contribution in [2.24, 2.45) is 5.92 Å². The number of hydrogen-bond acceptors (Lipinski definition) is 5. The summed E-state index contributed by atoms with van der Waals surface area (Å²) in [7, 11) is -3.65. The molecule has 1 amide bonds. The lowest BCUT2D eigenvalue weighted by Gasteiger charge is -2.09. The maximum absolute atomic E-state index is 11.9.